The Morgan fingerprint density at radius 3 is 2.31 bits per heavy atom. The molecule has 3 aromatic rings. The fraction of sp³-hybridized carbons (Fsp3) is 0.304. The zero-order valence-corrected chi connectivity index (χ0v) is 20.6. The molecule has 6 nitrogen and oxygen atoms in total. The summed E-state index contributed by atoms with van der Waals surface area (Å²) < 4.78 is 2.23. The molecule has 0 aliphatic rings. The summed E-state index contributed by atoms with van der Waals surface area (Å²) in [5, 5.41) is 19.3. The fourth-order valence-corrected chi connectivity index (χ4v) is 4.10. The van der Waals surface area contributed by atoms with Crippen molar-refractivity contribution in [3.8, 4) is 16.9 Å². The summed E-state index contributed by atoms with van der Waals surface area (Å²) in [5.74, 6) is 0.0759. The van der Waals surface area contributed by atoms with Crippen LogP contribution in [0.25, 0.3) is 16.9 Å². The Morgan fingerprint density at radius 2 is 1.72 bits per heavy atom. The molecule has 1 heterocycles. The van der Waals surface area contributed by atoms with Gasteiger partial charge in [0.2, 0.25) is 5.91 Å². The number of hydrogen-bond acceptors (Lipinski definition) is 3. The highest BCUT2D eigenvalue weighted by Gasteiger charge is 2.23. The number of carbonyl (C=O) groups excluding carboxylic acids is 1. The van der Waals surface area contributed by atoms with Crippen molar-refractivity contribution in [1.82, 2.24) is 9.78 Å². The van der Waals surface area contributed by atoms with E-state index in [-0.39, 0.29) is 12.3 Å². The SMILES string of the molecule is Cc1c(NC(=O)C[C@@H](O)C[N+](C)(C)C)nn(-c2ccc(Cl)cc2Cl)c1-c1ccc(Cl)cc1. The molecule has 0 saturated carbocycles. The van der Waals surface area contributed by atoms with Crippen molar-refractivity contribution >= 4 is 46.5 Å². The molecule has 0 aliphatic carbocycles. The number of quaternary nitrogens is 1. The predicted molar refractivity (Wildman–Crippen MR) is 131 cm³/mol. The van der Waals surface area contributed by atoms with Crippen molar-refractivity contribution in [3.63, 3.8) is 0 Å². The highest BCUT2D eigenvalue weighted by atomic mass is 35.5. The van der Waals surface area contributed by atoms with Crippen LogP contribution in [-0.2, 0) is 4.79 Å². The van der Waals surface area contributed by atoms with Crippen LogP contribution in [0.5, 0.6) is 0 Å². The summed E-state index contributed by atoms with van der Waals surface area (Å²) in [6.07, 6.45) is -0.793. The van der Waals surface area contributed by atoms with Crippen molar-refractivity contribution in [2.45, 2.75) is 19.4 Å². The van der Waals surface area contributed by atoms with Crippen LogP contribution in [0, 0.1) is 6.92 Å². The van der Waals surface area contributed by atoms with Gasteiger partial charge in [0.05, 0.1) is 44.0 Å². The van der Waals surface area contributed by atoms with Crippen LogP contribution in [-0.4, -0.2) is 59.1 Å². The summed E-state index contributed by atoms with van der Waals surface area (Å²) in [7, 11) is 5.88. The predicted octanol–water partition coefficient (Wildman–Crippen LogP) is 5.20. The quantitative estimate of drug-likeness (QED) is 0.442. The number of hydrogen-bond donors (Lipinski definition) is 2. The first kappa shape index (κ1) is 24.6. The molecule has 3 rings (SSSR count). The maximum atomic E-state index is 12.6. The molecule has 1 aromatic heterocycles. The van der Waals surface area contributed by atoms with Crippen LogP contribution in [0.4, 0.5) is 5.82 Å². The molecule has 0 fully saturated rings. The van der Waals surface area contributed by atoms with Gasteiger partial charge in [-0.25, -0.2) is 4.68 Å². The summed E-state index contributed by atoms with van der Waals surface area (Å²) in [4.78, 5) is 12.6. The molecular formula is C23H26Cl3N4O2+. The van der Waals surface area contributed by atoms with Gasteiger partial charge in [-0.15, -0.1) is 5.10 Å². The maximum absolute atomic E-state index is 12.6. The molecular weight excluding hydrogens is 471 g/mol. The monoisotopic (exact) mass is 495 g/mol. The van der Waals surface area contributed by atoms with Crippen LogP contribution in [0.15, 0.2) is 42.5 Å². The third kappa shape index (κ3) is 6.03. The number of aliphatic hydroxyl groups excluding tert-OH is 1. The Balaban J connectivity index is 1.99. The first-order valence-corrected chi connectivity index (χ1v) is 11.2. The van der Waals surface area contributed by atoms with Gasteiger partial charge in [-0.3, -0.25) is 4.79 Å². The van der Waals surface area contributed by atoms with Gasteiger partial charge in [0, 0.05) is 21.2 Å². The molecule has 9 heteroatoms. The lowest BCUT2D eigenvalue weighted by atomic mass is 10.1. The van der Waals surface area contributed by atoms with Gasteiger partial charge >= 0.3 is 0 Å². The second-order valence-electron chi connectivity index (χ2n) is 8.72. The van der Waals surface area contributed by atoms with Crippen molar-refractivity contribution in [1.29, 1.82) is 0 Å². The second kappa shape index (κ2) is 9.81. The molecule has 0 radical (unpaired) electrons. The molecule has 2 N–H and O–H groups in total. The van der Waals surface area contributed by atoms with Gasteiger partial charge in [0.1, 0.15) is 12.6 Å². The van der Waals surface area contributed by atoms with E-state index in [1.165, 1.54) is 0 Å². The molecule has 0 bridgehead atoms. The van der Waals surface area contributed by atoms with Gasteiger partial charge in [-0.2, -0.15) is 0 Å². The summed E-state index contributed by atoms with van der Waals surface area (Å²) >= 11 is 18.6. The minimum Gasteiger partial charge on any atom is -0.387 e. The minimum absolute atomic E-state index is 0.0280. The lowest BCUT2D eigenvalue weighted by molar-refractivity contribution is -0.873. The van der Waals surface area contributed by atoms with E-state index >= 15 is 0 Å². The smallest absolute Gasteiger partial charge is 0.228 e. The molecule has 1 amide bonds. The minimum atomic E-state index is -0.765. The summed E-state index contributed by atoms with van der Waals surface area (Å²) in [6, 6.07) is 12.5. The number of aromatic nitrogens is 2. The van der Waals surface area contributed by atoms with E-state index < -0.39 is 6.10 Å². The normalized spacial score (nSPS) is 12.6. The number of nitrogens with one attached hydrogen (secondary N) is 1. The Labute approximate surface area is 202 Å². The lowest BCUT2D eigenvalue weighted by Gasteiger charge is -2.26. The van der Waals surface area contributed by atoms with E-state index in [1.54, 1.807) is 35.0 Å². The second-order valence-corrected chi connectivity index (χ2v) is 10.00. The highest BCUT2D eigenvalue weighted by molar-refractivity contribution is 6.35. The van der Waals surface area contributed by atoms with E-state index in [0.717, 1.165) is 16.8 Å². The molecule has 0 aliphatic heterocycles. The number of aliphatic hydroxyl groups is 1. The zero-order valence-electron chi connectivity index (χ0n) is 18.4. The summed E-state index contributed by atoms with van der Waals surface area (Å²) in [5.41, 5.74) is 2.99. The average Bonchev–Trinajstić information content (AvgIpc) is 2.96. The van der Waals surface area contributed by atoms with Crippen molar-refractivity contribution in [3.05, 3.63) is 63.1 Å². The van der Waals surface area contributed by atoms with Gasteiger partial charge in [0.15, 0.2) is 5.82 Å². The molecule has 0 spiro atoms. The van der Waals surface area contributed by atoms with E-state index in [2.05, 4.69) is 10.4 Å². The molecule has 0 saturated heterocycles. The first-order valence-electron chi connectivity index (χ1n) is 10.0. The number of likely N-dealkylation sites (N-methyl/N-ethyl adjacent to an activating group) is 1. The van der Waals surface area contributed by atoms with Crippen molar-refractivity contribution in [2.75, 3.05) is 33.0 Å². The first-order chi connectivity index (χ1) is 14.9. The van der Waals surface area contributed by atoms with Crippen LogP contribution < -0.4 is 5.32 Å². The van der Waals surface area contributed by atoms with Crippen LogP contribution in [0.3, 0.4) is 0 Å². The van der Waals surface area contributed by atoms with Crippen molar-refractivity contribution in [2.24, 2.45) is 0 Å². The number of carbonyl (C=O) groups is 1. The van der Waals surface area contributed by atoms with Crippen LogP contribution >= 0.6 is 34.8 Å². The Morgan fingerprint density at radius 1 is 1.09 bits per heavy atom. The largest absolute Gasteiger partial charge is 0.387 e. The van der Waals surface area contributed by atoms with E-state index in [9.17, 15) is 9.90 Å². The van der Waals surface area contributed by atoms with Crippen molar-refractivity contribution < 1.29 is 14.4 Å². The Bertz CT molecular complexity index is 1120. The number of anilines is 1. The summed E-state index contributed by atoms with van der Waals surface area (Å²) in [6.45, 7) is 2.33. The Hall–Kier alpha value is -2.09. The highest BCUT2D eigenvalue weighted by Crippen LogP contribution is 2.34. The standard InChI is InChI=1S/C23H25Cl3N4O2/c1-14-22(15-5-7-16(24)8-6-15)29(20-10-9-17(25)11-19(20)26)28-23(14)27-21(32)12-18(31)13-30(2,3)4/h5-11,18,31H,12-13H2,1-4H3/p+1/t18-/m1/s1. The molecule has 170 valence electrons. The molecule has 32 heavy (non-hydrogen) atoms. The van der Waals surface area contributed by atoms with E-state index in [1.807, 2.05) is 40.2 Å². The zero-order chi connectivity index (χ0) is 23.6. The van der Waals surface area contributed by atoms with Gasteiger partial charge in [-0.05, 0) is 37.3 Å². The van der Waals surface area contributed by atoms with E-state index in [0.29, 0.717) is 37.6 Å². The van der Waals surface area contributed by atoms with E-state index in [4.69, 9.17) is 34.8 Å². The molecule has 0 unspecified atom stereocenters. The molecule has 1 atom stereocenters. The average molecular weight is 497 g/mol. The number of nitrogens with zero attached hydrogens (tertiary/aromatic N) is 3. The van der Waals surface area contributed by atoms with Gasteiger partial charge in [0.25, 0.3) is 0 Å². The lowest BCUT2D eigenvalue weighted by Crippen LogP contribution is -2.42. The number of benzene rings is 2. The van der Waals surface area contributed by atoms with Crippen LogP contribution in [0.2, 0.25) is 15.1 Å². The van der Waals surface area contributed by atoms with Gasteiger partial charge < -0.3 is 14.9 Å². The Kier molecular flexibility index (Phi) is 7.53. The maximum Gasteiger partial charge on any atom is 0.228 e. The number of rotatable bonds is 7. The number of amides is 1. The van der Waals surface area contributed by atoms with Gasteiger partial charge in [-0.1, -0.05) is 46.9 Å². The fourth-order valence-electron chi connectivity index (χ4n) is 3.48. The number of halogens is 3. The third-order valence-electron chi connectivity index (χ3n) is 4.82. The topological polar surface area (TPSA) is 67.2 Å². The molecule has 2 aromatic carbocycles. The van der Waals surface area contributed by atoms with Crippen LogP contribution in [0.1, 0.15) is 12.0 Å². The third-order valence-corrected chi connectivity index (χ3v) is 5.60.